The van der Waals surface area contributed by atoms with E-state index < -0.39 is 0 Å². The van der Waals surface area contributed by atoms with Crippen molar-refractivity contribution in [2.45, 2.75) is 25.3 Å². The molecule has 0 bridgehead atoms. The van der Waals surface area contributed by atoms with Gasteiger partial charge in [0.25, 0.3) is 0 Å². The average molecular weight is 142 g/mol. The minimum absolute atomic E-state index is 0.0723. The molecule has 0 aromatic rings. The van der Waals surface area contributed by atoms with Crippen molar-refractivity contribution in [1.29, 1.82) is 0 Å². The van der Waals surface area contributed by atoms with Crippen LogP contribution in [0.4, 0.5) is 0 Å². The van der Waals surface area contributed by atoms with Crippen molar-refractivity contribution in [2.75, 3.05) is 13.6 Å². The maximum Gasteiger partial charge on any atom is 0.222 e. The summed E-state index contributed by atoms with van der Waals surface area (Å²) >= 11 is 0. The predicted octanol–water partition coefficient (Wildman–Crippen LogP) is -0.0440. The summed E-state index contributed by atoms with van der Waals surface area (Å²) < 4.78 is 0. The second kappa shape index (κ2) is 2.23. The van der Waals surface area contributed by atoms with Crippen LogP contribution in [0, 0.1) is 0 Å². The third kappa shape index (κ3) is 0.904. The fourth-order valence-electron chi connectivity index (χ4n) is 1.25. The summed E-state index contributed by atoms with van der Waals surface area (Å²) in [6, 6.07) is 0. The van der Waals surface area contributed by atoms with Gasteiger partial charge in [-0.05, 0) is 13.3 Å². The van der Waals surface area contributed by atoms with Crippen LogP contribution in [0.2, 0.25) is 0 Å². The molecule has 0 aliphatic carbocycles. The van der Waals surface area contributed by atoms with E-state index in [2.05, 4.69) is 0 Å². The molecule has 10 heavy (non-hydrogen) atoms. The van der Waals surface area contributed by atoms with Gasteiger partial charge in [0.05, 0.1) is 5.54 Å². The molecule has 0 spiro atoms. The number of hydrogen-bond donors (Lipinski definition) is 1. The van der Waals surface area contributed by atoms with Crippen LogP contribution >= 0.6 is 0 Å². The van der Waals surface area contributed by atoms with Gasteiger partial charge >= 0.3 is 0 Å². The van der Waals surface area contributed by atoms with Crippen molar-refractivity contribution in [3.63, 3.8) is 0 Å². The Kier molecular flexibility index (Phi) is 1.68. The monoisotopic (exact) mass is 142 g/mol. The first kappa shape index (κ1) is 7.54. The lowest BCUT2D eigenvalue weighted by molar-refractivity contribution is -0.129. The minimum Gasteiger partial charge on any atom is -0.339 e. The van der Waals surface area contributed by atoms with Crippen LogP contribution < -0.4 is 5.73 Å². The molecular formula is C7H14N2O. The van der Waals surface area contributed by atoms with Gasteiger partial charge in [0, 0.05) is 20.0 Å². The van der Waals surface area contributed by atoms with Gasteiger partial charge in [-0.25, -0.2) is 0 Å². The highest BCUT2D eigenvalue weighted by Gasteiger charge is 2.37. The zero-order valence-corrected chi connectivity index (χ0v) is 6.55. The minimum atomic E-state index is -0.0723. The Balaban J connectivity index is 2.73. The third-order valence-corrected chi connectivity index (χ3v) is 2.50. The van der Waals surface area contributed by atoms with Crippen molar-refractivity contribution in [3.05, 3.63) is 0 Å². The molecule has 0 aromatic heterocycles. The van der Waals surface area contributed by atoms with Crippen molar-refractivity contribution >= 4 is 5.91 Å². The van der Waals surface area contributed by atoms with E-state index in [4.69, 9.17) is 5.73 Å². The summed E-state index contributed by atoms with van der Waals surface area (Å²) in [5.41, 5.74) is 5.45. The van der Waals surface area contributed by atoms with Crippen molar-refractivity contribution < 1.29 is 4.79 Å². The van der Waals surface area contributed by atoms with Gasteiger partial charge in [-0.2, -0.15) is 0 Å². The standard InChI is InChI=1S/C7H14N2O/c1-7(5-8)4-3-6(10)9(7)2/h3-5,8H2,1-2H3. The van der Waals surface area contributed by atoms with E-state index in [1.807, 2.05) is 14.0 Å². The molecule has 1 amide bonds. The fraction of sp³-hybridized carbons (Fsp3) is 0.857. The highest BCUT2D eigenvalue weighted by molar-refractivity contribution is 5.79. The Labute approximate surface area is 61.2 Å². The fourth-order valence-corrected chi connectivity index (χ4v) is 1.25. The maximum atomic E-state index is 11.0. The first-order valence-corrected chi connectivity index (χ1v) is 3.57. The third-order valence-electron chi connectivity index (χ3n) is 2.50. The number of nitrogens with two attached hydrogens (primary N) is 1. The number of carbonyl (C=O) groups excluding carboxylic acids is 1. The molecular weight excluding hydrogens is 128 g/mol. The molecule has 1 atom stereocenters. The van der Waals surface area contributed by atoms with Crippen LogP contribution in [0.25, 0.3) is 0 Å². The summed E-state index contributed by atoms with van der Waals surface area (Å²) in [6.07, 6.45) is 1.56. The summed E-state index contributed by atoms with van der Waals surface area (Å²) in [7, 11) is 1.82. The maximum absolute atomic E-state index is 11.0. The van der Waals surface area contributed by atoms with Crippen LogP contribution in [-0.2, 0) is 4.79 Å². The molecule has 0 radical (unpaired) electrons. The summed E-state index contributed by atoms with van der Waals surface area (Å²) in [6.45, 7) is 2.59. The van der Waals surface area contributed by atoms with E-state index in [0.29, 0.717) is 13.0 Å². The smallest absolute Gasteiger partial charge is 0.222 e. The van der Waals surface area contributed by atoms with E-state index in [-0.39, 0.29) is 11.4 Å². The Hall–Kier alpha value is -0.570. The zero-order chi connectivity index (χ0) is 7.78. The molecule has 1 aliphatic rings. The predicted molar refractivity (Wildman–Crippen MR) is 39.5 cm³/mol. The van der Waals surface area contributed by atoms with Crippen molar-refractivity contribution in [3.8, 4) is 0 Å². The van der Waals surface area contributed by atoms with E-state index >= 15 is 0 Å². The summed E-state index contributed by atoms with van der Waals surface area (Å²) in [5.74, 6) is 0.216. The normalized spacial score (nSPS) is 33.5. The molecule has 2 N–H and O–H groups in total. The second-order valence-corrected chi connectivity index (χ2v) is 3.15. The highest BCUT2D eigenvalue weighted by atomic mass is 16.2. The van der Waals surface area contributed by atoms with Gasteiger partial charge in [0.15, 0.2) is 0 Å². The van der Waals surface area contributed by atoms with Gasteiger partial charge in [0.2, 0.25) is 5.91 Å². The Bertz CT molecular complexity index is 158. The molecule has 3 heteroatoms. The van der Waals surface area contributed by atoms with E-state index in [1.165, 1.54) is 0 Å². The number of likely N-dealkylation sites (N-methyl/N-ethyl adjacent to an activating group) is 1. The topological polar surface area (TPSA) is 46.3 Å². The van der Waals surface area contributed by atoms with Crippen molar-refractivity contribution in [2.24, 2.45) is 5.73 Å². The number of likely N-dealkylation sites (tertiary alicyclic amines) is 1. The molecule has 1 rings (SSSR count). The zero-order valence-electron chi connectivity index (χ0n) is 6.55. The van der Waals surface area contributed by atoms with Crippen LogP contribution in [0.5, 0.6) is 0 Å². The SMILES string of the molecule is CN1C(=O)CCC1(C)CN. The van der Waals surface area contributed by atoms with Crippen LogP contribution in [0.3, 0.4) is 0 Å². The first-order chi connectivity index (χ1) is 4.60. The molecule has 1 fully saturated rings. The number of carbonyl (C=O) groups is 1. The molecule has 58 valence electrons. The Morgan fingerprint density at radius 1 is 1.80 bits per heavy atom. The Morgan fingerprint density at radius 2 is 2.40 bits per heavy atom. The molecule has 3 nitrogen and oxygen atoms in total. The lowest BCUT2D eigenvalue weighted by Gasteiger charge is -2.30. The first-order valence-electron chi connectivity index (χ1n) is 3.57. The van der Waals surface area contributed by atoms with Crippen LogP contribution in [-0.4, -0.2) is 29.9 Å². The number of hydrogen-bond acceptors (Lipinski definition) is 2. The van der Waals surface area contributed by atoms with Gasteiger partial charge in [-0.3, -0.25) is 4.79 Å². The average Bonchev–Trinajstić information content (AvgIpc) is 2.19. The van der Waals surface area contributed by atoms with E-state index in [9.17, 15) is 4.79 Å². The molecule has 1 aliphatic heterocycles. The van der Waals surface area contributed by atoms with Gasteiger partial charge < -0.3 is 10.6 Å². The Morgan fingerprint density at radius 3 is 2.60 bits per heavy atom. The highest BCUT2D eigenvalue weighted by Crippen LogP contribution is 2.26. The second-order valence-electron chi connectivity index (χ2n) is 3.15. The number of amides is 1. The van der Waals surface area contributed by atoms with Crippen LogP contribution in [0.1, 0.15) is 19.8 Å². The van der Waals surface area contributed by atoms with Gasteiger partial charge in [-0.15, -0.1) is 0 Å². The van der Waals surface area contributed by atoms with Crippen molar-refractivity contribution in [1.82, 2.24) is 4.90 Å². The molecule has 0 saturated carbocycles. The molecule has 1 saturated heterocycles. The van der Waals surface area contributed by atoms with Crippen LogP contribution in [0.15, 0.2) is 0 Å². The number of nitrogens with zero attached hydrogens (tertiary/aromatic N) is 1. The lowest BCUT2D eigenvalue weighted by Crippen LogP contribution is -2.46. The molecule has 1 unspecified atom stereocenters. The molecule has 0 aromatic carbocycles. The number of rotatable bonds is 1. The summed E-state index contributed by atoms with van der Waals surface area (Å²) in [4.78, 5) is 12.8. The van der Waals surface area contributed by atoms with Gasteiger partial charge in [-0.1, -0.05) is 0 Å². The molecule has 1 heterocycles. The van der Waals surface area contributed by atoms with E-state index in [1.54, 1.807) is 4.90 Å². The lowest BCUT2D eigenvalue weighted by atomic mass is 10.0. The van der Waals surface area contributed by atoms with Gasteiger partial charge in [0.1, 0.15) is 0 Å². The quantitative estimate of drug-likeness (QED) is 0.558. The largest absolute Gasteiger partial charge is 0.339 e. The summed E-state index contributed by atoms with van der Waals surface area (Å²) in [5, 5.41) is 0. The van der Waals surface area contributed by atoms with E-state index in [0.717, 1.165) is 6.42 Å².